The summed E-state index contributed by atoms with van der Waals surface area (Å²) in [4.78, 5) is 10.6. The normalized spacial score (nSPS) is 11.3. The highest BCUT2D eigenvalue weighted by molar-refractivity contribution is 7.07. The van der Waals surface area contributed by atoms with E-state index in [1.165, 1.54) is 23.5 Å². The number of carbonyl (C=O) groups excluding carboxylic acids is 1. The first-order valence-corrected chi connectivity index (χ1v) is 6.75. The number of hydrogen-bond acceptors (Lipinski definition) is 3. The van der Waals surface area contributed by atoms with Crippen molar-refractivity contribution in [2.45, 2.75) is 12.6 Å². The first kappa shape index (κ1) is 14.6. The van der Waals surface area contributed by atoms with Crippen molar-refractivity contribution in [3.8, 4) is 5.75 Å². The lowest BCUT2D eigenvalue weighted by atomic mass is 10.1. The van der Waals surface area contributed by atoms with Crippen molar-refractivity contribution in [3.05, 3.63) is 51.7 Å². The maximum atomic E-state index is 12.9. The lowest BCUT2D eigenvalue weighted by molar-refractivity contribution is -0.138. The van der Waals surface area contributed by atoms with Crippen molar-refractivity contribution in [1.82, 2.24) is 0 Å². The lowest BCUT2D eigenvalue weighted by Crippen LogP contribution is -2.11. The minimum atomic E-state index is -4.54. The Kier molecular flexibility index (Phi) is 4.44. The van der Waals surface area contributed by atoms with Crippen LogP contribution in [0.15, 0.2) is 35.0 Å². The number of thiophene rings is 1. The van der Waals surface area contributed by atoms with Crippen molar-refractivity contribution < 1.29 is 22.7 Å². The molecule has 1 aromatic carbocycles. The van der Waals surface area contributed by atoms with Crippen molar-refractivity contribution >= 4 is 17.6 Å². The predicted molar refractivity (Wildman–Crippen MR) is 70.3 cm³/mol. The van der Waals surface area contributed by atoms with E-state index in [-0.39, 0.29) is 17.9 Å². The highest BCUT2D eigenvalue weighted by atomic mass is 32.1. The fourth-order valence-corrected chi connectivity index (χ4v) is 2.39. The molecule has 0 N–H and O–H groups in total. The largest absolute Gasteiger partial charge is 0.493 e. The molecule has 2 nitrogen and oxygen atoms in total. The Bertz CT molecular complexity index is 577. The third-order valence-electron chi connectivity index (χ3n) is 2.67. The van der Waals surface area contributed by atoms with E-state index >= 15 is 0 Å². The molecule has 0 spiro atoms. The molecule has 20 heavy (non-hydrogen) atoms. The number of aldehydes is 1. The van der Waals surface area contributed by atoms with Gasteiger partial charge >= 0.3 is 6.18 Å². The average molecular weight is 300 g/mol. The highest BCUT2D eigenvalue weighted by Gasteiger charge is 2.34. The summed E-state index contributed by atoms with van der Waals surface area (Å²) in [5.41, 5.74) is 0.0722. The van der Waals surface area contributed by atoms with Crippen LogP contribution >= 0.6 is 11.3 Å². The Morgan fingerprint density at radius 1 is 1.25 bits per heavy atom. The van der Waals surface area contributed by atoms with Crippen LogP contribution in [0.1, 0.15) is 21.5 Å². The van der Waals surface area contributed by atoms with E-state index in [1.54, 1.807) is 0 Å². The van der Waals surface area contributed by atoms with Crippen LogP contribution in [0.3, 0.4) is 0 Å². The van der Waals surface area contributed by atoms with Gasteiger partial charge in [-0.25, -0.2) is 0 Å². The topological polar surface area (TPSA) is 26.3 Å². The Balaban J connectivity index is 2.12. The fourth-order valence-electron chi connectivity index (χ4n) is 1.68. The van der Waals surface area contributed by atoms with Crippen LogP contribution in [0.4, 0.5) is 13.2 Å². The standard InChI is InChI=1S/C14H11F3O2S/c15-14(16,17)12-7-11(8-18)1-2-13(12)19-5-3-10-4-6-20-9-10/h1-2,4,6-9H,3,5H2. The van der Waals surface area contributed by atoms with Crippen LogP contribution in [0.5, 0.6) is 5.75 Å². The van der Waals surface area contributed by atoms with Crippen LogP contribution in [-0.2, 0) is 12.6 Å². The van der Waals surface area contributed by atoms with Gasteiger partial charge in [-0.15, -0.1) is 0 Å². The molecule has 2 aromatic rings. The van der Waals surface area contributed by atoms with Gasteiger partial charge in [0.1, 0.15) is 12.0 Å². The summed E-state index contributed by atoms with van der Waals surface area (Å²) in [5.74, 6) is -0.252. The molecular weight excluding hydrogens is 289 g/mol. The molecule has 1 aromatic heterocycles. The van der Waals surface area contributed by atoms with E-state index in [1.807, 2.05) is 16.8 Å². The second kappa shape index (κ2) is 6.09. The molecule has 0 aliphatic rings. The summed E-state index contributed by atoms with van der Waals surface area (Å²) in [7, 11) is 0. The van der Waals surface area contributed by atoms with Crippen LogP contribution in [0, 0.1) is 0 Å². The molecule has 0 fully saturated rings. The number of benzene rings is 1. The molecule has 106 valence electrons. The van der Waals surface area contributed by atoms with Crippen LogP contribution < -0.4 is 4.74 Å². The Morgan fingerprint density at radius 3 is 2.65 bits per heavy atom. The van der Waals surface area contributed by atoms with Gasteiger partial charge in [0.05, 0.1) is 12.2 Å². The second-order valence-electron chi connectivity index (χ2n) is 4.10. The molecule has 0 saturated heterocycles. The van der Waals surface area contributed by atoms with Gasteiger partial charge in [-0.1, -0.05) is 0 Å². The number of hydrogen-bond donors (Lipinski definition) is 0. The molecule has 1 heterocycles. The number of alkyl halides is 3. The zero-order chi connectivity index (χ0) is 14.6. The molecule has 0 aliphatic carbocycles. The second-order valence-corrected chi connectivity index (χ2v) is 4.88. The van der Waals surface area contributed by atoms with E-state index in [0.717, 1.165) is 11.6 Å². The van der Waals surface area contributed by atoms with Crippen molar-refractivity contribution in [1.29, 1.82) is 0 Å². The molecule has 0 atom stereocenters. The predicted octanol–water partition coefficient (Wildman–Crippen LogP) is 4.20. The molecule has 0 radical (unpaired) electrons. The summed E-state index contributed by atoms with van der Waals surface area (Å²) >= 11 is 1.52. The van der Waals surface area contributed by atoms with E-state index in [9.17, 15) is 18.0 Å². The van der Waals surface area contributed by atoms with Gasteiger partial charge in [-0.2, -0.15) is 24.5 Å². The summed E-state index contributed by atoms with van der Waals surface area (Å²) in [6.07, 6.45) is -3.63. The zero-order valence-electron chi connectivity index (χ0n) is 10.3. The van der Waals surface area contributed by atoms with E-state index in [4.69, 9.17) is 4.74 Å². The van der Waals surface area contributed by atoms with Gasteiger partial charge in [0.15, 0.2) is 0 Å². The SMILES string of the molecule is O=Cc1ccc(OCCc2ccsc2)c(C(F)(F)F)c1. The maximum Gasteiger partial charge on any atom is 0.419 e. The summed E-state index contributed by atoms with van der Waals surface area (Å²) in [6.45, 7) is 0.153. The van der Waals surface area contributed by atoms with Crippen LogP contribution in [0.2, 0.25) is 0 Å². The number of carbonyl (C=O) groups is 1. The highest BCUT2D eigenvalue weighted by Crippen LogP contribution is 2.36. The number of rotatable bonds is 5. The maximum absolute atomic E-state index is 12.9. The van der Waals surface area contributed by atoms with Gasteiger partial charge in [-0.05, 0) is 40.6 Å². The molecule has 0 bridgehead atoms. The third kappa shape index (κ3) is 3.60. The molecule has 0 unspecified atom stereocenters. The van der Waals surface area contributed by atoms with E-state index in [0.29, 0.717) is 12.7 Å². The molecule has 6 heteroatoms. The monoisotopic (exact) mass is 300 g/mol. The van der Waals surface area contributed by atoms with Crippen molar-refractivity contribution in [2.24, 2.45) is 0 Å². The molecule has 0 amide bonds. The number of halogens is 3. The first-order chi connectivity index (χ1) is 9.50. The quantitative estimate of drug-likeness (QED) is 0.774. The van der Waals surface area contributed by atoms with Gasteiger partial charge in [0.2, 0.25) is 0 Å². The van der Waals surface area contributed by atoms with Gasteiger partial charge in [0, 0.05) is 12.0 Å². The van der Waals surface area contributed by atoms with Gasteiger partial charge < -0.3 is 4.74 Å². The first-order valence-electron chi connectivity index (χ1n) is 5.81. The molecule has 2 rings (SSSR count). The lowest BCUT2D eigenvalue weighted by Gasteiger charge is -2.14. The zero-order valence-corrected chi connectivity index (χ0v) is 11.1. The Hall–Kier alpha value is -1.82. The summed E-state index contributed by atoms with van der Waals surface area (Å²) in [6, 6.07) is 5.18. The third-order valence-corrected chi connectivity index (χ3v) is 3.41. The van der Waals surface area contributed by atoms with Crippen molar-refractivity contribution in [2.75, 3.05) is 6.61 Å². The average Bonchev–Trinajstić information content (AvgIpc) is 2.91. The van der Waals surface area contributed by atoms with E-state index < -0.39 is 11.7 Å². The smallest absolute Gasteiger partial charge is 0.419 e. The minimum absolute atomic E-state index is 0.0255. The van der Waals surface area contributed by atoms with E-state index in [2.05, 4.69) is 0 Å². The summed E-state index contributed by atoms with van der Waals surface area (Å²) < 4.78 is 43.8. The molecular formula is C14H11F3O2S. The van der Waals surface area contributed by atoms with Gasteiger partial charge in [0.25, 0.3) is 0 Å². The Morgan fingerprint density at radius 2 is 2.05 bits per heavy atom. The molecule has 0 saturated carbocycles. The minimum Gasteiger partial charge on any atom is -0.493 e. The van der Waals surface area contributed by atoms with Crippen LogP contribution in [0.25, 0.3) is 0 Å². The fraction of sp³-hybridized carbons (Fsp3) is 0.214. The molecule has 0 aliphatic heterocycles. The van der Waals surface area contributed by atoms with Crippen LogP contribution in [-0.4, -0.2) is 12.9 Å². The summed E-state index contributed by atoms with van der Waals surface area (Å²) in [5, 5.41) is 3.82. The van der Waals surface area contributed by atoms with Crippen molar-refractivity contribution in [3.63, 3.8) is 0 Å². The Labute approximate surface area is 117 Å². The number of ether oxygens (including phenoxy) is 1. The van der Waals surface area contributed by atoms with Gasteiger partial charge in [-0.3, -0.25) is 4.79 Å².